The van der Waals surface area contributed by atoms with E-state index in [0.717, 1.165) is 5.56 Å². The predicted octanol–water partition coefficient (Wildman–Crippen LogP) is 1.92. The van der Waals surface area contributed by atoms with Crippen LogP contribution < -0.4 is 0 Å². The van der Waals surface area contributed by atoms with Gasteiger partial charge in [0.15, 0.2) is 0 Å². The maximum Gasteiger partial charge on any atom is 0.219 e. The highest BCUT2D eigenvalue weighted by atomic mass is 32.2. The highest BCUT2D eigenvalue weighted by molar-refractivity contribution is 7.90. The van der Waals surface area contributed by atoms with E-state index in [1.165, 1.54) is 4.31 Å². The predicted molar refractivity (Wildman–Crippen MR) is 75.2 cm³/mol. The summed E-state index contributed by atoms with van der Waals surface area (Å²) in [6, 6.07) is 9.24. The fraction of sp³-hybridized carbons (Fsp3) is 0.571. The fourth-order valence-corrected chi connectivity index (χ4v) is 3.99. The van der Waals surface area contributed by atoms with Gasteiger partial charge >= 0.3 is 0 Å². The van der Waals surface area contributed by atoms with Gasteiger partial charge in [0.2, 0.25) is 10.0 Å². The summed E-state index contributed by atoms with van der Waals surface area (Å²) in [6.45, 7) is 5.25. The summed E-state index contributed by atoms with van der Waals surface area (Å²) in [5.74, 6) is 0. The SMILES string of the molecule is CC(C)(C)S(=O)(=O)N1C[C@H](O)C[C@@H]1c1ccccc1. The van der Waals surface area contributed by atoms with Crippen molar-refractivity contribution in [1.29, 1.82) is 0 Å². The summed E-state index contributed by atoms with van der Waals surface area (Å²) in [6.07, 6.45) is -0.137. The van der Waals surface area contributed by atoms with E-state index in [0.29, 0.717) is 6.42 Å². The van der Waals surface area contributed by atoms with E-state index in [4.69, 9.17) is 0 Å². The van der Waals surface area contributed by atoms with E-state index < -0.39 is 20.9 Å². The molecule has 1 aromatic rings. The Morgan fingerprint density at radius 3 is 2.32 bits per heavy atom. The molecule has 1 heterocycles. The Morgan fingerprint density at radius 2 is 1.79 bits per heavy atom. The highest BCUT2D eigenvalue weighted by Gasteiger charge is 2.44. The van der Waals surface area contributed by atoms with Crippen LogP contribution in [0.2, 0.25) is 0 Å². The van der Waals surface area contributed by atoms with Gasteiger partial charge in [0.05, 0.1) is 16.9 Å². The van der Waals surface area contributed by atoms with Gasteiger partial charge < -0.3 is 5.11 Å². The van der Waals surface area contributed by atoms with Crippen molar-refractivity contribution in [3.8, 4) is 0 Å². The molecule has 106 valence electrons. The first kappa shape index (κ1) is 14.5. The van der Waals surface area contributed by atoms with Crippen LogP contribution in [0.3, 0.4) is 0 Å². The van der Waals surface area contributed by atoms with Crippen molar-refractivity contribution in [3.63, 3.8) is 0 Å². The molecule has 2 atom stereocenters. The molecule has 1 fully saturated rings. The average Bonchev–Trinajstić information content (AvgIpc) is 2.71. The van der Waals surface area contributed by atoms with Gasteiger partial charge in [-0.3, -0.25) is 0 Å². The lowest BCUT2D eigenvalue weighted by atomic mass is 10.1. The van der Waals surface area contributed by atoms with E-state index in [2.05, 4.69) is 0 Å². The Morgan fingerprint density at radius 1 is 1.21 bits per heavy atom. The van der Waals surface area contributed by atoms with Gasteiger partial charge in [-0.05, 0) is 32.8 Å². The van der Waals surface area contributed by atoms with Gasteiger partial charge in [0.25, 0.3) is 0 Å². The van der Waals surface area contributed by atoms with Crippen molar-refractivity contribution < 1.29 is 13.5 Å². The quantitative estimate of drug-likeness (QED) is 0.902. The highest BCUT2D eigenvalue weighted by Crippen LogP contribution is 2.37. The van der Waals surface area contributed by atoms with Crippen molar-refractivity contribution in [3.05, 3.63) is 35.9 Å². The number of sulfonamides is 1. The molecular weight excluding hydrogens is 262 g/mol. The molecule has 1 aromatic carbocycles. The Hall–Kier alpha value is -0.910. The third-order valence-electron chi connectivity index (χ3n) is 3.50. The lowest BCUT2D eigenvalue weighted by molar-refractivity contribution is 0.188. The second kappa shape index (κ2) is 4.89. The third kappa shape index (κ3) is 2.68. The summed E-state index contributed by atoms with van der Waals surface area (Å²) < 4.78 is 25.8. The van der Waals surface area contributed by atoms with E-state index in [9.17, 15) is 13.5 Å². The minimum absolute atomic E-state index is 0.180. The zero-order chi connectivity index (χ0) is 14.3. The number of benzene rings is 1. The summed E-state index contributed by atoms with van der Waals surface area (Å²) in [5, 5.41) is 9.85. The molecule has 1 N–H and O–H groups in total. The molecule has 0 bridgehead atoms. The molecule has 19 heavy (non-hydrogen) atoms. The van der Waals surface area contributed by atoms with Crippen molar-refractivity contribution in [2.45, 2.75) is 44.1 Å². The molecule has 0 unspecified atom stereocenters. The molecule has 0 amide bonds. The molecule has 0 radical (unpaired) electrons. The summed E-state index contributed by atoms with van der Waals surface area (Å²) in [5.41, 5.74) is 0.937. The number of rotatable bonds is 2. The lowest BCUT2D eigenvalue weighted by Crippen LogP contribution is -2.43. The van der Waals surface area contributed by atoms with Gasteiger partial charge in [-0.15, -0.1) is 0 Å². The fourth-order valence-electron chi connectivity index (χ4n) is 2.38. The van der Waals surface area contributed by atoms with Gasteiger partial charge in [-0.1, -0.05) is 30.3 Å². The van der Waals surface area contributed by atoms with Crippen LogP contribution in [0.15, 0.2) is 30.3 Å². The molecule has 1 aliphatic rings. The molecule has 0 aliphatic carbocycles. The van der Waals surface area contributed by atoms with Crippen LogP contribution in [-0.2, 0) is 10.0 Å². The maximum absolute atomic E-state index is 12.6. The molecule has 2 rings (SSSR count). The lowest BCUT2D eigenvalue weighted by Gasteiger charge is -2.31. The van der Waals surface area contributed by atoms with E-state index in [1.54, 1.807) is 20.8 Å². The largest absolute Gasteiger partial charge is 0.392 e. The van der Waals surface area contributed by atoms with Gasteiger partial charge in [-0.25, -0.2) is 8.42 Å². The number of aliphatic hydroxyl groups is 1. The molecule has 0 aromatic heterocycles. The first-order valence-corrected chi connectivity index (χ1v) is 7.92. The van der Waals surface area contributed by atoms with E-state index in [-0.39, 0.29) is 12.6 Å². The second-order valence-electron chi connectivity index (χ2n) is 6.00. The molecule has 1 aliphatic heterocycles. The van der Waals surface area contributed by atoms with Crippen LogP contribution >= 0.6 is 0 Å². The average molecular weight is 283 g/mol. The first-order valence-electron chi connectivity index (χ1n) is 6.48. The Balaban J connectivity index is 2.40. The van der Waals surface area contributed by atoms with Crippen molar-refractivity contribution in [2.75, 3.05) is 6.54 Å². The van der Waals surface area contributed by atoms with Crippen LogP contribution in [-0.4, -0.2) is 35.2 Å². The van der Waals surface area contributed by atoms with Gasteiger partial charge in [-0.2, -0.15) is 4.31 Å². The Kier molecular flexibility index (Phi) is 3.73. The van der Waals surface area contributed by atoms with Gasteiger partial charge in [0, 0.05) is 6.54 Å². The Bertz CT molecular complexity index is 534. The maximum atomic E-state index is 12.6. The number of nitrogens with zero attached hydrogens (tertiary/aromatic N) is 1. The minimum Gasteiger partial charge on any atom is -0.392 e. The molecule has 5 heteroatoms. The van der Waals surface area contributed by atoms with E-state index in [1.807, 2.05) is 30.3 Å². The first-order chi connectivity index (χ1) is 8.73. The van der Waals surface area contributed by atoms with E-state index >= 15 is 0 Å². The van der Waals surface area contributed by atoms with Crippen molar-refractivity contribution >= 4 is 10.0 Å². The van der Waals surface area contributed by atoms with Crippen LogP contribution in [0.25, 0.3) is 0 Å². The summed E-state index contributed by atoms with van der Waals surface area (Å²) in [4.78, 5) is 0. The number of hydrogen-bond acceptors (Lipinski definition) is 3. The molecule has 0 saturated carbocycles. The van der Waals surface area contributed by atoms with Crippen LogP contribution in [0.4, 0.5) is 0 Å². The smallest absolute Gasteiger partial charge is 0.219 e. The van der Waals surface area contributed by atoms with Crippen LogP contribution in [0.1, 0.15) is 38.8 Å². The topological polar surface area (TPSA) is 57.6 Å². The minimum atomic E-state index is -3.43. The zero-order valence-electron chi connectivity index (χ0n) is 11.6. The summed E-state index contributed by atoms with van der Waals surface area (Å²) in [7, 11) is -3.43. The summed E-state index contributed by atoms with van der Waals surface area (Å²) >= 11 is 0. The number of β-amino-alcohol motifs (C(OH)–C–C–N with tert-alkyl or cyclic N) is 1. The standard InChI is InChI=1S/C14H21NO3S/c1-14(2,3)19(17,18)15-10-12(16)9-13(15)11-7-5-4-6-8-11/h4-8,12-13,16H,9-10H2,1-3H3/t12-,13-/m1/s1. The number of hydrogen-bond donors (Lipinski definition) is 1. The van der Waals surface area contributed by atoms with Crippen molar-refractivity contribution in [1.82, 2.24) is 4.31 Å². The zero-order valence-corrected chi connectivity index (χ0v) is 12.4. The second-order valence-corrected chi connectivity index (χ2v) is 8.65. The Labute approximate surface area is 115 Å². The third-order valence-corrected chi connectivity index (χ3v) is 6.07. The molecule has 1 saturated heterocycles. The molecule has 0 spiro atoms. The normalized spacial score (nSPS) is 25.7. The monoisotopic (exact) mass is 283 g/mol. The van der Waals surface area contributed by atoms with Gasteiger partial charge in [0.1, 0.15) is 0 Å². The van der Waals surface area contributed by atoms with Crippen LogP contribution in [0.5, 0.6) is 0 Å². The molecular formula is C14H21NO3S. The molecule has 4 nitrogen and oxygen atoms in total. The number of aliphatic hydroxyl groups excluding tert-OH is 1. The van der Waals surface area contributed by atoms with Crippen molar-refractivity contribution in [2.24, 2.45) is 0 Å². The van der Waals surface area contributed by atoms with Crippen LogP contribution in [0, 0.1) is 0 Å².